The van der Waals surface area contributed by atoms with Crippen LogP contribution >= 0.6 is 0 Å². The molecule has 1 aliphatic rings. The summed E-state index contributed by atoms with van der Waals surface area (Å²) in [7, 11) is 0. The van der Waals surface area contributed by atoms with Gasteiger partial charge in [0.1, 0.15) is 6.04 Å². The highest BCUT2D eigenvalue weighted by Gasteiger charge is 2.34. The summed E-state index contributed by atoms with van der Waals surface area (Å²) in [6, 6.07) is 4.72. The molecular weight excluding hydrogens is 268 g/mol. The largest absolute Gasteiger partial charge is 0.480 e. The molecule has 114 valence electrons. The summed E-state index contributed by atoms with van der Waals surface area (Å²) >= 11 is 0. The summed E-state index contributed by atoms with van der Waals surface area (Å²) in [6.45, 7) is 6.36. The minimum Gasteiger partial charge on any atom is -0.480 e. The molecule has 21 heavy (non-hydrogen) atoms. The van der Waals surface area contributed by atoms with Crippen LogP contribution in [0, 0.1) is 19.8 Å². The van der Waals surface area contributed by atoms with Gasteiger partial charge in [-0.15, -0.1) is 0 Å². The highest BCUT2D eigenvalue weighted by Crippen LogP contribution is 2.25. The SMILES string of the molecule is Cc1cccc(C)c1NC(=O)N1CCC(C)CC1C(=O)O. The van der Waals surface area contributed by atoms with Gasteiger partial charge in [0.2, 0.25) is 0 Å². The molecule has 0 aliphatic carbocycles. The van der Waals surface area contributed by atoms with Crippen LogP contribution in [0.5, 0.6) is 0 Å². The zero-order valence-electron chi connectivity index (χ0n) is 12.7. The second-order valence-electron chi connectivity index (χ2n) is 5.87. The van der Waals surface area contributed by atoms with Crippen LogP contribution in [0.25, 0.3) is 0 Å². The van der Waals surface area contributed by atoms with Crippen LogP contribution in [0.15, 0.2) is 18.2 Å². The quantitative estimate of drug-likeness (QED) is 0.879. The van der Waals surface area contributed by atoms with E-state index in [2.05, 4.69) is 5.32 Å². The molecule has 2 amide bonds. The van der Waals surface area contributed by atoms with E-state index >= 15 is 0 Å². The molecule has 1 heterocycles. The number of carbonyl (C=O) groups is 2. The predicted octanol–water partition coefficient (Wildman–Crippen LogP) is 3.02. The van der Waals surface area contributed by atoms with Gasteiger partial charge in [-0.05, 0) is 43.7 Å². The zero-order valence-corrected chi connectivity index (χ0v) is 12.7. The van der Waals surface area contributed by atoms with Gasteiger partial charge in [0.25, 0.3) is 0 Å². The van der Waals surface area contributed by atoms with Crippen molar-refractivity contribution in [1.82, 2.24) is 4.90 Å². The van der Waals surface area contributed by atoms with Gasteiger partial charge >= 0.3 is 12.0 Å². The van der Waals surface area contributed by atoms with Gasteiger partial charge in [0.05, 0.1) is 0 Å². The molecule has 1 aromatic carbocycles. The van der Waals surface area contributed by atoms with Crippen LogP contribution in [0.4, 0.5) is 10.5 Å². The Morgan fingerprint density at radius 2 is 1.90 bits per heavy atom. The minimum atomic E-state index is -0.932. The average Bonchev–Trinajstić information content (AvgIpc) is 2.42. The molecule has 5 nitrogen and oxygen atoms in total. The Balaban J connectivity index is 2.17. The molecule has 1 aliphatic heterocycles. The van der Waals surface area contributed by atoms with Crippen molar-refractivity contribution < 1.29 is 14.7 Å². The van der Waals surface area contributed by atoms with Crippen LogP contribution < -0.4 is 5.32 Å². The molecule has 1 saturated heterocycles. The van der Waals surface area contributed by atoms with Crippen molar-refractivity contribution in [3.63, 3.8) is 0 Å². The highest BCUT2D eigenvalue weighted by molar-refractivity contribution is 5.93. The second-order valence-corrected chi connectivity index (χ2v) is 5.87. The van der Waals surface area contributed by atoms with E-state index in [1.807, 2.05) is 39.0 Å². The maximum Gasteiger partial charge on any atom is 0.326 e. The van der Waals surface area contributed by atoms with E-state index in [9.17, 15) is 14.7 Å². The number of piperidine rings is 1. The van der Waals surface area contributed by atoms with Gasteiger partial charge in [-0.25, -0.2) is 9.59 Å². The number of nitrogens with zero attached hydrogens (tertiary/aromatic N) is 1. The molecular formula is C16H22N2O3. The van der Waals surface area contributed by atoms with E-state index in [1.54, 1.807) is 0 Å². The van der Waals surface area contributed by atoms with Crippen molar-refractivity contribution in [3.05, 3.63) is 29.3 Å². The van der Waals surface area contributed by atoms with Gasteiger partial charge in [0.15, 0.2) is 0 Å². The second kappa shape index (κ2) is 6.16. The Kier molecular flexibility index (Phi) is 4.50. The number of nitrogens with one attached hydrogen (secondary N) is 1. The smallest absolute Gasteiger partial charge is 0.326 e. The monoisotopic (exact) mass is 290 g/mol. The third-order valence-corrected chi connectivity index (χ3v) is 4.12. The van der Waals surface area contributed by atoms with Gasteiger partial charge in [-0.3, -0.25) is 0 Å². The zero-order chi connectivity index (χ0) is 15.6. The molecule has 0 aromatic heterocycles. The lowest BCUT2D eigenvalue weighted by atomic mass is 9.93. The number of hydrogen-bond acceptors (Lipinski definition) is 2. The molecule has 0 spiro atoms. The first-order chi connectivity index (χ1) is 9.90. The number of urea groups is 1. The highest BCUT2D eigenvalue weighted by atomic mass is 16.4. The molecule has 2 atom stereocenters. The standard InChI is InChI=1S/C16H22N2O3/c1-10-7-8-18(13(9-10)15(19)20)16(21)17-14-11(2)5-4-6-12(14)3/h4-6,10,13H,7-9H2,1-3H3,(H,17,21)(H,19,20). The number of carboxylic acid groups (broad SMARTS) is 1. The number of rotatable bonds is 2. The van der Waals surface area contributed by atoms with E-state index < -0.39 is 12.0 Å². The Morgan fingerprint density at radius 3 is 2.48 bits per heavy atom. The average molecular weight is 290 g/mol. The number of carbonyl (C=O) groups excluding carboxylic acids is 1. The van der Waals surface area contributed by atoms with E-state index in [0.717, 1.165) is 23.2 Å². The van der Waals surface area contributed by atoms with Crippen LogP contribution in [0.3, 0.4) is 0 Å². The molecule has 0 bridgehead atoms. The van der Waals surface area contributed by atoms with Gasteiger partial charge in [0, 0.05) is 12.2 Å². The first-order valence-corrected chi connectivity index (χ1v) is 7.26. The van der Waals surface area contributed by atoms with Crippen LogP contribution in [-0.4, -0.2) is 34.6 Å². The van der Waals surface area contributed by atoms with Crippen molar-refractivity contribution in [2.75, 3.05) is 11.9 Å². The van der Waals surface area contributed by atoms with Gasteiger partial charge in [-0.2, -0.15) is 0 Å². The summed E-state index contributed by atoms with van der Waals surface area (Å²) in [4.78, 5) is 25.3. The number of amides is 2. The summed E-state index contributed by atoms with van der Waals surface area (Å²) in [6.07, 6.45) is 1.35. The maximum absolute atomic E-state index is 12.4. The van der Waals surface area contributed by atoms with Crippen LogP contribution in [-0.2, 0) is 4.79 Å². The van der Waals surface area contributed by atoms with E-state index in [4.69, 9.17) is 0 Å². The molecule has 1 fully saturated rings. The van der Waals surface area contributed by atoms with Crippen LogP contribution in [0.1, 0.15) is 30.9 Å². The van der Waals surface area contributed by atoms with Gasteiger partial charge in [-0.1, -0.05) is 25.1 Å². The Bertz CT molecular complexity index is 536. The number of aryl methyl sites for hydroxylation is 2. The Labute approximate surface area is 125 Å². The number of para-hydroxylation sites is 1. The van der Waals surface area contributed by atoms with E-state index in [1.165, 1.54) is 4.90 Å². The third-order valence-electron chi connectivity index (χ3n) is 4.12. The van der Waals surface area contributed by atoms with Gasteiger partial charge < -0.3 is 15.3 Å². The number of likely N-dealkylation sites (tertiary alicyclic amines) is 1. The number of anilines is 1. The lowest BCUT2D eigenvalue weighted by molar-refractivity contribution is -0.143. The first kappa shape index (κ1) is 15.4. The fraction of sp³-hybridized carbons (Fsp3) is 0.500. The number of benzene rings is 1. The minimum absolute atomic E-state index is 0.327. The molecule has 0 radical (unpaired) electrons. The molecule has 0 saturated carbocycles. The van der Waals surface area contributed by atoms with Crippen molar-refractivity contribution in [3.8, 4) is 0 Å². The van der Waals surface area contributed by atoms with Crippen molar-refractivity contribution in [2.45, 2.75) is 39.7 Å². The molecule has 2 rings (SSSR count). The van der Waals surface area contributed by atoms with E-state index in [-0.39, 0.29) is 6.03 Å². The number of hydrogen-bond donors (Lipinski definition) is 2. The fourth-order valence-electron chi connectivity index (χ4n) is 2.81. The maximum atomic E-state index is 12.4. The lowest BCUT2D eigenvalue weighted by Crippen LogP contribution is -2.51. The molecule has 5 heteroatoms. The first-order valence-electron chi connectivity index (χ1n) is 7.26. The Hall–Kier alpha value is -2.04. The third kappa shape index (κ3) is 3.35. The molecule has 1 aromatic rings. The lowest BCUT2D eigenvalue weighted by Gasteiger charge is -2.36. The molecule has 2 N–H and O–H groups in total. The van der Waals surface area contributed by atoms with Crippen molar-refractivity contribution in [1.29, 1.82) is 0 Å². The van der Waals surface area contributed by atoms with Crippen molar-refractivity contribution in [2.24, 2.45) is 5.92 Å². The summed E-state index contributed by atoms with van der Waals surface area (Å²) in [5.74, 6) is -0.603. The predicted molar refractivity (Wildman–Crippen MR) is 81.5 cm³/mol. The number of aliphatic carboxylic acids is 1. The topological polar surface area (TPSA) is 69.6 Å². The summed E-state index contributed by atoms with van der Waals surface area (Å²) in [5, 5.41) is 12.2. The Morgan fingerprint density at radius 1 is 1.29 bits per heavy atom. The normalized spacial score (nSPS) is 22.0. The number of carboxylic acids is 1. The summed E-state index contributed by atoms with van der Waals surface area (Å²) < 4.78 is 0. The van der Waals surface area contributed by atoms with Crippen LogP contribution in [0.2, 0.25) is 0 Å². The van der Waals surface area contributed by atoms with E-state index in [0.29, 0.717) is 18.9 Å². The fourth-order valence-corrected chi connectivity index (χ4v) is 2.81. The summed E-state index contributed by atoms with van der Waals surface area (Å²) in [5.41, 5.74) is 2.71. The molecule has 2 unspecified atom stereocenters. The van der Waals surface area contributed by atoms with Crippen molar-refractivity contribution >= 4 is 17.7 Å².